The largest absolute Gasteiger partial charge is 0.438 e. The predicted molar refractivity (Wildman–Crippen MR) is 104 cm³/mol. The summed E-state index contributed by atoms with van der Waals surface area (Å²) < 4.78 is 59.0. The second-order valence-electron chi connectivity index (χ2n) is 7.09. The zero-order valence-corrected chi connectivity index (χ0v) is 17.0. The van der Waals surface area contributed by atoms with E-state index in [0.29, 0.717) is 0 Å². The van der Waals surface area contributed by atoms with Crippen molar-refractivity contribution >= 4 is 35.4 Å². The lowest BCUT2D eigenvalue weighted by molar-refractivity contribution is -0.157. The van der Waals surface area contributed by atoms with E-state index in [2.05, 4.69) is 4.99 Å². The van der Waals surface area contributed by atoms with Crippen molar-refractivity contribution in [3.63, 3.8) is 0 Å². The third kappa shape index (κ3) is 5.59. The van der Waals surface area contributed by atoms with Gasteiger partial charge < -0.3 is 9.64 Å². The normalized spacial score (nSPS) is 20.2. The summed E-state index contributed by atoms with van der Waals surface area (Å²) in [5.41, 5.74) is -0.454. The first kappa shape index (κ1) is 23.6. The van der Waals surface area contributed by atoms with Gasteiger partial charge in [-0.05, 0) is 6.92 Å². The number of Topliss-reactive ketones (excluding diaryl/α,β-unsaturated/α-hetero) is 1. The number of rotatable bonds is 6. The number of alkyl halides is 2. The van der Waals surface area contributed by atoms with Gasteiger partial charge in [0.05, 0.1) is 31.6 Å². The summed E-state index contributed by atoms with van der Waals surface area (Å²) in [6.45, 7) is 1.92. The highest BCUT2D eigenvalue weighted by Crippen LogP contribution is 2.31. The lowest BCUT2D eigenvalue weighted by Crippen LogP contribution is -2.33. The molecule has 1 aromatic rings. The predicted octanol–water partition coefficient (Wildman–Crippen LogP) is 1.80. The van der Waals surface area contributed by atoms with Crippen molar-refractivity contribution in [2.24, 2.45) is 4.99 Å². The number of hydrogen-bond acceptors (Lipinski definition) is 7. The second-order valence-corrected chi connectivity index (χ2v) is 7.09. The van der Waals surface area contributed by atoms with Gasteiger partial charge in [-0.3, -0.25) is 19.3 Å². The summed E-state index contributed by atoms with van der Waals surface area (Å²) in [5.74, 6) is -3.67. The van der Waals surface area contributed by atoms with Crippen molar-refractivity contribution < 1.29 is 41.5 Å². The summed E-state index contributed by atoms with van der Waals surface area (Å²) >= 11 is 0. The molecule has 0 saturated carbocycles. The van der Waals surface area contributed by atoms with Gasteiger partial charge in [-0.15, -0.1) is 0 Å². The summed E-state index contributed by atoms with van der Waals surface area (Å²) in [4.78, 5) is 44.9. The van der Waals surface area contributed by atoms with Crippen LogP contribution in [-0.4, -0.2) is 80.9 Å². The van der Waals surface area contributed by atoms with E-state index in [9.17, 15) is 31.9 Å². The minimum absolute atomic E-state index is 0.0577. The Morgan fingerprint density at radius 1 is 1.22 bits per heavy atom. The van der Waals surface area contributed by atoms with Crippen molar-refractivity contribution in [2.75, 3.05) is 49.1 Å². The van der Waals surface area contributed by atoms with E-state index in [1.807, 2.05) is 0 Å². The summed E-state index contributed by atoms with van der Waals surface area (Å²) in [6.07, 6.45) is -4.65. The number of ether oxygens (including phenoxy) is 1. The molecule has 0 aliphatic carbocycles. The van der Waals surface area contributed by atoms with Crippen LogP contribution in [0.4, 0.5) is 33.7 Å². The summed E-state index contributed by atoms with van der Waals surface area (Å²) in [7, 11) is 0. The van der Waals surface area contributed by atoms with Crippen LogP contribution < -0.4 is 9.80 Å². The first-order chi connectivity index (χ1) is 15.2. The molecule has 1 atom stereocenters. The van der Waals surface area contributed by atoms with Crippen molar-refractivity contribution in [3.8, 4) is 0 Å². The smallest absolute Gasteiger partial charge is 0.415 e. The molecule has 3 rings (SSSR count). The van der Waals surface area contributed by atoms with Crippen LogP contribution in [0.5, 0.6) is 0 Å². The Morgan fingerprint density at radius 2 is 1.91 bits per heavy atom. The van der Waals surface area contributed by atoms with Crippen molar-refractivity contribution in [1.82, 2.24) is 5.06 Å². The van der Waals surface area contributed by atoms with Crippen LogP contribution >= 0.6 is 0 Å². The molecule has 2 fully saturated rings. The van der Waals surface area contributed by atoms with E-state index >= 15 is 0 Å². The van der Waals surface area contributed by atoms with Gasteiger partial charge in [0.25, 0.3) is 0 Å². The molecule has 2 amide bonds. The molecule has 174 valence electrons. The molecule has 0 spiro atoms. The zero-order chi connectivity index (χ0) is 23.4. The van der Waals surface area contributed by atoms with E-state index in [4.69, 9.17) is 9.57 Å². The minimum atomic E-state index is -3.30. The quantitative estimate of drug-likeness (QED) is 0.472. The number of aliphatic imine (C=N–C) groups is 1. The third-order valence-electron chi connectivity index (χ3n) is 4.67. The fraction of sp³-hybridized carbons (Fsp3) is 0.474. The molecule has 1 aromatic carbocycles. The number of ketones is 1. The number of nitrogens with zero attached hydrogens (tertiary/aromatic N) is 4. The molecule has 9 nitrogen and oxygen atoms in total. The Kier molecular flexibility index (Phi) is 7.40. The van der Waals surface area contributed by atoms with Gasteiger partial charge in [0.1, 0.15) is 11.5 Å². The van der Waals surface area contributed by atoms with Crippen molar-refractivity contribution in [2.45, 2.75) is 19.5 Å². The van der Waals surface area contributed by atoms with Gasteiger partial charge in [-0.2, -0.15) is 13.8 Å². The summed E-state index contributed by atoms with van der Waals surface area (Å²) in [5, 5.41) is 1.42. The van der Waals surface area contributed by atoms with Crippen molar-refractivity contribution in [3.05, 3.63) is 23.8 Å². The van der Waals surface area contributed by atoms with Crippen LogP contribution in [0.15, 0.2) is 17.1 Å². The Morgan fingerprint density at radius 3 is 2.53 bits per heavy atom. The van der Waals surface area contributed by atoms with Crippen molar-refractivity contribution in [1.29, 1.82) is 0 Å². The molecule has 0 aromatic heterocycles. The first-order valence-corrected chi connectivity index (χ1v) is 9.61. The monoisotopic (exact) mass is 460 g/mol. The number of halogens is 4. The SMILES string of the molecule is CC(=O)CN1CCN(c2c(F)cc(N3CC(C=NC(=O)C(F)F)OC3=O)cc2F)CCO1. The van der Waals surface area contributed by atoms with Crippen LogP contribution in [0.3, 0.4) is 0 Å². The number of anilines is 2. The minimum Gasteiger partial charge on any atom is -0.438 e. The maximum atomic E-state index is 14.8. The zero-order valence-electron chi connectivity index (χ0n) is 17.0. The molecular formula is C19H20F4N4O5. The van der Waals surface area contributed by atoms with Gasteiger partial charge in [-0.1, -0.05) is 0 Å². The molecule has 0 radical (unpaired) electrons. The van der Waals surface area contributed by atoms with Crippen LogP contribution in [0.1, 0.15) is 6.92 Å². The van der Waals surface area contributed by atoms with E-state index < -0.39 is 36.2 Å². The average molecular weight is 460 g/mol. The second kappa shape index (κ2) is 10.0. The number of cyclic esters (lactones) is 1. The molecule has 0 bridgehead atoms. The standard InChI is InChI=1S/C19H20F4N4O5/c1-11(28)9-26-3-2-25(4-5-31-26)16-14(20)6-12(7-15(16)21)27-10-13(32-19(27)30)8-24-18(29)17(22)23/h6-8,13,17H,2-5,9-10H2,1H3. The molecular weight excluding hydrogens is 440 g/mol. The van der Waals surface area contributed by atoms with Gasteiger partial charge in [-0.25, -0.2) is 18.6 Å². The highest BCUT2D eigenvalue weighted by Gasteiger charge is 2.33. The first-order valence-electron chi connectivity index (χ1n) is 9.61. The molecule has 1 unspecified atom stereocenters. The maximum absolute atomic E-state index is 14.8. The third-order valence-corrected chi connectivity index (χ3v) is 4.67. The molecule has 0 N–H and O–H groups in total. The van der Waals surface area contributed by atoms with E-state index in [-0.39, 0.29) is 56.5 Å². The number of carbonyl (C=O) groups is 3. The highest BCUT2D eigenvalue weighted by atomic mass is 19.3. The topological polar surface area (TPSA) is 91.8 Å². The van der Waals surface area contributed by atoms with Crippen LogP contribution in [0.25, 0.3) is 0 Å². The van der Waals surface area contributed by atoms with Crippen LogP contribution in [0, 0.1) is 11.6 Å². The Bertz CT molecular complexity index is 906. The lowest BCUT2D eigenvalue weighted by Gasteiger charge is -2.24. The average Bonchev–Trinajstić information content (AvgIpc) is 2.93. The van der Waals surface area contributed by atoms with Crippen LogP contribution in [0.2, 0.25) is 0 Å². The van der Waals surface area contributed by atoms with Gasteiger partial charge in [0, 0.05) is 31.8 Å². The van der Waals surface area contributed by atoms with Gasteiger partial charge in [0.15, 0.2) is 17.7 Å². The molecule has 2 heterocycles. The molecule has 2 aliphatic heterocycles. The molecule has 2 aliphatic rings. The number of amides is 2. The molecule has 32 heavy (non-hydrogen) atoms. The van der Waals surface area contributed by atoms with Gasteiger partial charge in [0.2, 0.25) is 0 Å². The number of benzene rings is 1. The Hall–Kier alpha value is -3.06. The highest BCUT2D eigenvalue weighted by molar-refractivity contribution is 5.95. The summed E-state index contributed by atoms with van der Waals surface area (Å²) in [6, 6.07) is 1.89. The molecule has 13 heteroatoms. The fourth-order valence-electron chi connectivity index (χ4n) is 3.28. The molecule has 2 saturated heterocycles. The van der Waals surface area contributed by atoms with E-state index in [1.165, 1.54) is 16.9 Å². The number of hydrogen-bond donors (Lipinski definition) is 0. The Balaban J connectivity index is 1.72. The van der Waals surface area contributed by atoms with E-state index in [1.54, 1.807) is 0 Å². The maximum Gasteiger partial charge on any atom is 0.415 e. The Labute approximate surface area is 180 Å². The van der Waals surface area contributed by atoms with E-state index in [0.717, 1.165) is 23.2 Å². The van der Waals surface area contributed by atoms with Gasteiger partial charge >= 0.3 is 18.4 Å². The number of hydroxylamine groups is 2. The fourth-order valence-corrected chi connectivity index (χ4v) is 3.28. The lowest BCUT2D eigenvalue weighted by atomic mass is 10.2. The number of carbonyl (C=O) groups excluding carboxylic acids is 3. The van der Waals surface area contributed by atoms with Crippen LogP contribution in [-0.2, 0) is 19.2 Å².